The molecule has 0 aliphatic carbocycles. The molecule has 0 radical (unpaired) electrons. The van der Waals surface area contributed by atoms with E-state index in [0.29, 0.717) is 16.9 Å². The number of hydrogen-bond acceptors (Lipinski definition) is 4. The maximum atomic E-state index is 12.1. The van der Waals surface area contributed by atoms with Crippen LogP contribution in [0.2, 0.25) is 0 Å². The quantitative estimate of drug-likeness (QED) is 0.825. The van der Waals surface area contributed by atoms with Gasteiger partial charge in [-0.3, -0.25) is 9.59 Å². The Morgan fingerprint density at radius 3 is 2.71 bits per heavy atom. The second-order valence-electron chi connectivity index (χ2n) is 4.36. The highest BCUT2D eigenvalue weighted by atomic mass is 32.2. The van der Waals surface area contributed by atoms with Crippen molar-refractivity contribution in [3.05, 3.63) is 41.9 Å². The molecule has 0 fully saturated rings. The Hall–Kier alpha value is -2.28. The summed E-state index contributed by atoms with van der Waals surface area (Å²) in [5, 5.41) is 3.59. The molecule has 0 aliphatic heterocycles. The van der Waals surface area contributed by atoms with Crippen LogP contribution in [-0.2, 0) is 7.05 Å². The van der Waals surface area contributed by atoms with Crippen molar-refractivity contribution in [2.75, 3.05) is 11.1 Å². The Labute approximate surface area is 126 Å². The molecule has 0 aliphatic rings. The number of pyridine rings is 1. The van der Waals surface area contributed by atoms with Gasteiger partial charge in [-0.15, -0.1) is 11.8 Å². The van der Waals surface area contributed by atoms with E-state index in [4.69, 9.17) is 5.73 Å². The van der Waals surface area contributed by atoms with Crippen molar-refractivity contribution >= 4 is 29.3 Å². The average molecular weight is 304 g/mol. The van der Waals surface area contributed by atoms with Crippen LogP contribution >= 0.6 is 11.8 Å². The first-order chi connectivity index (χ1) is 10.0. The van der Waals surface area contributed by atoms with E-state index in [1.165, 1.54) is 12.3 Å². The minimum Gasteiger partial charge on any atom is -0.364 e. The number of rotatable bonds is 5. The van der Waals surface area contributed by atoms with E-state index >= 15 is 0 Å². The van der Waals surface area contributed by atoms with Crippen molar-refractivity contribution < 1.29 is 9.59 Å². The zero-order valence-corrected chi connectivity index (χ0v) is 12.6. The lowest BCUT2D eigenvalue weighted by molar-refractivity contribution is 0.0990. The predicted octanol–water partition coefficient (Wildman–Crippen LogP) is 1.88. The Morgan fingerprint density at radius 2 is 2.19 bits per heavy atom. The smallest absolute Gasteiger partial charge is 0.265 e. The second kappa shape index (κ2) is 6.45. The lowest BCUT2D eigenvalue weighted by atomic mass is 10.2. The van der Waals surface area contributed by atoms with Gasteiger partial charge in [-0.1, -0.05) is 6.92 Å². The molecule has 2 rings (SSSR count). The summed E-state index contributed by atoms with van der Waals surface area (Å²) >= 11 is 1.61. The van der Waals surface area contributed by atoms with Gasteiger partial charge in [-0.05, 0) is 24.0 Å². The number of aromatic nitrogens is 2. The lowest BCUT2D eigenvalue weighted by Crippen LogP contribution is -2.14. The molecule has 0 aromatic carbocycles. The van der Waals surface area contributed by atoms with Crippen LogP contribution < -0.4 is 11.1 Å². The number of nitrogens with two attached hydrogens (primary N) is 1. The molecule has 0 saturated heterocycles. The number of aryl methyl sites for hydroxylation is 1. The third-order valence-electron chi connectivity index (χ3n) is 2.81. The van der Waals surface area contributed by atoms with Gasteiger partial charge in [0.1, 0.15) is 5.69 Å². The molecule has 2 amide bonds. The third-order valence-corrected chi connectivity index (χ3v) is 3.63. The van der Waals surface area contributed by atoms with Crippen LogP contribution in [0.1, 0.15) is 27.8 Å². The molecular formula is C14H16N4O2S. The van der Waals surface area contributed by atoms with Crippen LogP contribution in [-0.4, -0.2) is 27.1 Å². The van der Waals surface area contributed by atoms with Crippen LogP contribution in [0.3, 0.4) is 0 Å². The first-order valence-electron chi connectivity index (χ1n) is 6.37. The maximum absolute atomic E-state index is 12.1. The maximum Gasteiger partial charge on any atom is 0.265 e. The zero-order chi connectivity index (χ0) is 15.4. The van der Waals surface area contributed by atoms with E-state index < -0.39 is 5.91 Å². The molecule has 3 N–H and O–H groups in total. The van der Waals surface area contributed by atoms with Gasteiger partial charge < -0.3 is 15.6 Å². The lowest BCUT2D eigenvalue weighted by Gasteiger charge is -2.03. The van der Waals surface area contributed by atoms with E-state index in [-0.39, 0.29) is 5.91 Å². The molecule has 2 heterocycles. The van der Waals surface area contributed by atoms with Crippen molar-refractivity contribution in [2.45, 2.75) is 11.9 Å². The van der Waals surface area contributed by atoms with Crippen molar-refractivity contribution in [1.82, 2.24) is 9.55 Å². The van der Waals surface area contributed by atoms with Crippen molar-refractivity contribution in [3.63, 3.8) is 0 Å². The summed E-state index contributed by atoms with van der Waals surface area (Å²) in [5.74, 6) is 0.108. The van der Waals surface area contributed by atoms with Crippen molar-refractivity contribution in [1.29, 1.82) is 0 Å². The first kappa shape index (κ1) is 15.1. The number of nitrogens with one attached hydrogen (secondary N) is 1. The van der Waals surface area contributed by atoms with Gasteiger partial charge in [0, 0.05) is 19.4 Å². The molecule has 0 unspecified atom stereocenters. The molecule has 6 nitrogen and oxygen atoms in total. The molecule has 0 saturated carbocycles. The molecule has 0 bridgehead atoms. The second-order valence-corrected chi connectivity index (χ2v) is 5.65. The summed E-state index contributed by atoms with van der Waals surface area (Å²) < 4.78 is 1.57. The summed E-state index contributed by atoms with van der Waals surface area (Å²) in [6, 6.07) is 5.07. The van der Waals surface area contributed by atoms with Crippen LogP contribution in [0, 0.1) is 0 Å². The standard InChI is InChI=1S/C14H16N4O2S/c1-3-21-12-5-4-9(7-16-12)14(20)17-10-6-11(13(15)19)18(2)8-10/h4-8H,3H2,1-2H3,(H2,15,19)(H,17,20). The van der Waals surface area contributed by atoms with E-state index in [1.54, 1.807) is 35.6 Å². The first-order valence-corrected chi connectivity index (χ1v) is 7.36. The van der Waals surface area contributed by atoms with Gasteiger partial charge in [0.2, 0.25) is 0 Å². The Bertz CT molecular complexity index is 664. The molecule has 2 aromatic heterocycles. The molecular weight excluding hydrogens is 288 g/mol. The normalized spacial score (nSPS) is 10.4. The molecule has 0 spiro atoms. The molecule has 0 atom stereocenters. The van der Waals surface area contributed by atoms with Crippen LogP contribution in [0.25, 0.3) is 0 Å². The monoisotopic (exact) mass is 304 g/mol. The van der Waals surface area contributed by atoms with E-state index in [1.807, 2.05) is 13.0 Å². The Kier molecular flexibility index (Phi) is 4.64. The summed E-state index contributed by atoms with van der Waals surface area (Å²) in [4.78, 5) is 27.5. The van der Waals surface area contributed by atoms with Gasteiger partial charge in [-0.2, -0.15) is 0 Å². The molecule has 2 aromatic rings. The predicted molar refractivity (Wildman–Crippen MR) is 82.5 cm³/mol. The fourth-order valence-electron chi connectivity index (χ4n) is 1.83. The van der Waals surface area contributed by atoms with Gasteiger partial charge >= 0.3 is 0 Å². The summed E-state index contributed by atoms with van der Waals surface area (Å²) in [5.41, 5.74) is 6.54. The summed E-state index contributed by atoms with van der Waals surface area (Å²) in [6.07, 6.45) is 3.16. The number of carbonyl (C=O) groups is 2. The van der Waals surface area contributed by atoms with Crippen molar-refractivity contribution in [2.24, 2.45) is 12.8 Å². The zero-order valence-electron chi connectivity index (χ0n) is 11.8. The Balaban J connectivity index is 2.10. The minimum absolute atomic E-state index is 0.280. The largest absolute Gasteiger partial charge is 0.364 e. The average Bonchev–Trinajstić information content (AvgIpc) is 2.81. The fourth-order valence-corrected chi connectivity index (χ4v) is 2.42. The minimum atomic E-state index is -0.541. The van der Waals surface area contributed by atoms with Crippen LogP contribution in [0.15, 0.2) is 35.6 Å². The number of anilines is 1. The van der Waals surface area contributed by atoms with Gasteiger partial charge in [0.15, 0.2) is 0 Å². The summed E-state index contributed by atoms with van der Waals surface area (Å²) in [7, 11) is 1.69. The van der Waals surface area contributed by atoms with Crippen molar-refractivity contribution in [3.8, 4) is 0 Å². The number of carbonyl (C=O) groups excluding carboxylic acids is 2. The highest BCUT2D eigenvalue weighted by molar-refractivity contribution is 7.99. The van der Waals surface area contributed by atoms with Crippen LogP contribution in [0.5, 0.6) is 0 Å². The topological polar surface area (TPSA) is 90.0 Å². The molecule has 110 valence electrons. The molecule has 7 heteroatoms. The number of nitrogens with zero attached hydrogens (tertiary/aromatic N) is 2. The highest BCUT2D eigenvalue weighted by Gasteiger charge is 2.12. The number of hydrogen-bond donors (Lipinski definition) is 2. The van der Waals surface area contributed by atoms with Crippen LogP contribution in [0.4, 0.5) is 5.69 Å². The number of primary amides is 1. The van der Waals surface area contributed by atoms with Gasteiger partial charge in [-0.25, -0.2) is 4.98 Å². The number of amides is 2. The third kappa shape index (κ3) is 3.63. The highest BCUT2D eigenvalue weighted by Crippen LogP contribution is 2.16. The van der Waals surface area contributed by atoms with E-state index in [0.717, 1.165) is 10.8 Å². The van der Waals surface area contributed by atoms with Gasteiger partial charge in [0.05, 0.1) is 16.3 Å². The number of thioether (sulfide) groups is 1. The fraction of sp³-hybridized carbons (Fsp3) is 0.214. The van der Waals surface area contributed by atoms with E-state index in [2.05, 4.69) is 10.3 Å². The van der Waals surface area contributed by atoms with Gasteiger partial charge in [0.25, 0.3) is 11.8 Å². The summed E-state index contributed by atoms with van der Waals surface area (Å²) in [6.45, 7) is 2.04. The Morgan fingerprint density at radius 1 is 1.43 bits per heavy atom. The molecule has 21 heavy (non-hydrogen) atoms. The SMILES string of the molecule is CCSc1ccc(C(=O)Nc2cc(C(N)=O)n(C)c2)cn1. The van der Waals surface area contributed by atoms with E-state index in [9.17, 15) is 9.59 Å².